The molecule has 0 aliphatic rings. The number of benzene rings is 2. The average Bonchev–Trinajstić information content (AvgIpc) is 2.37. The fraction of sp³-hybridized carbons (Fsp3) is 0.0714. The maximum atomic E-state index is 11.0. The number of anilines is 1. The lowest BCUT2D eigenvalue weighted by Gasteiger charge is -2.09. The van der Waals surface area contributed by atoms with Crippen molar-refractivity contribution in [3.63, 3.8) is 0 Å². The van der Waals surface area contributed by atoms with Crippen molar-refractivity contribution < 1.29 is 9.53 Å². The number of rotatable bonds is 4. The lowest BCUT2D eigenvalue weighted by molar-refractivity contribution is 0.100. The molecule has 98 valence electrons. The summed E-state index contributed by atoms with van der Waals surface area (Å²) in [6.45, 7) is 0.297. The second-order valence-electron chi connectivity index (χ2n) is 4.02. The number of amides is 1. The van der Waals surface area contributed by atoms with Crippen molar-refractivity contribution in [1.82, 2.24) is 0 Å². The van der Waals surface area contributed by atoms with E-state index < -0.39 is 5.91 Å². The minimum absolute atomic E-state index is 0.297. The zero-order valence-corrected chi connectivity index (χ0v) is 10.9. The monoisotopic (exact) mass is 276 g/mol. The van der Waals surface area contributed by atoms with Crippen LogP contribution in [0.4, 0.5) is 5.69 Å². The lowest BCUT2D eigenvalue weighted by Crippen LogP contribution is -2.12. The van der Waals surface area contributed by atoms with Crippen molar-refractivity contribution in [3.05, 3.63) is 58.6 Å². The molecule has 0 aliphatic heterocycles. The molecule has 0 saturated heterocycles. The van der Waals surface area contributed by atoms with E-state index in [4.69, 9.17) is 27.8 Å². The number of nitrogen functional groups attached to an aromatic ring is 1. The first-order valence-electron chi connectivity index (χ1n) is 5.63. The van der Waals surface area contributed by atoms with Crippen molar-refractivity contribution in [3.8, 4) is 5.75 Å². The Bertz CT molecular complexity index is 614. The molecule has 0 aromatic heterocycles. The van der Waals surface area contributed by atoms with E-state index in [9.17, 15) is 4.79 Å². The third kappa shape index (κ3) is 3.39. The molecule has 0 fully saturated rings. The zero-order valence-electron chi connectivity index (χ0n) is 10.1. The van der Waals surface area contributed by atoms with Gasteiger partial charge in [0, 0.05) is 21.8 Å². The SMILES string of the molecule is NC(=O)c1ccc(COc2cccc(Cl)c2)c(N)c1. The Balaban J connectivity index is 2.10. The number of hydrogen-bond acceptors (Lipinski definition) is 3. The molecule has 0 spiro atoms. The first-order valence-corrected chi connectivity index (χ1v) is 6.00. The van der Waals surface area contributed by atoms with E-state index in [1.807, 2.05) is 0 Å². The Morgan fingerprint density at radius 3 is 2.63 bits per heavy atom. The van der Waals surface area contributed by atoms with Gasteiger partial charge in [0.15, 0.2) is 0 Å². The molecule has 0 bridgehead atoms. The van der Waals surface area contributed by atoms with Crippen LogP contribution >= 0.6 is 11.6 Å². The number of carbonyl (C=O) groups excluding carboxylic acids is 1. The zero-order chi connectivity index (χ0) is 13.8. The number of ether oxygens (including phenoxy) is 1. The number of hydrogen-bond donors (Lipinski definition) is 2. The fourth-order valence-corrected chi connectivity index (χ4v) is 1.78. The number of primary amides is 1. The topological polar surface area (TPSA) is 78.3 Å². The number of nitrogens with two attached hydrogens (primary N) is 2. The first kappa shape index (κ1) is 13.2. The summed E-state index contributed by atoms with van der Waals surface area (Å²) in [6.07, 6.45) is 0. The molecule has 19 heavy (non-hydrogen) atoms. The molecule has 4 N–H and O–H groups in total. The highest BCUT2D eigenvalue weighted by atomic mass is 35.5. The van der Waals surface area contributed by atoms with E-state index in [1.54, 1.807) is 42.5 Å². The van der Waals surface area contributed by atoms with E-state index >= 15 is 0 Å². The van der Waals surface area contributed by atoms with Crippen molar-refractivity contribution in [2.75, 3.05) is 5.73 Å². The van der Waals surface area contributed by atoms with Gasteiger partial charge in [-0.05, 0) is 30.3 Å². The van der Waals surface area contributed by atoms with Crippen LogP contribution in [0.15, 0.2) is 42.5 Å². The van der Waals surface area contributed by atoms with Gasteiger partial charge < -0.3 is 16.2 Å². The van der Waals surface area contributed by atoms with Gasteiger partial charge in [-0.3, -0.25) is 4.79 Å². The molecular formula is C14H13ClN2O2. The fourth-order valence-electron chi connectivity index (χ4n) is 1.60. The van der Waals surface area contributed by atoms with Gasteiger partial charge in [0.25, 0.3) is 0 Å². The minimum Gasteiger partial charge on any atom is -0.489 e. The van der Waals surface area contributed by atoms with Gasteiger partial charge in [-0.2, -0.15) is 0 Å². The van der Waals surface area contributed by atoms with Crippen LogP contribution in [-0.2, 0) is 6.61 Å². The first-order chi connectivity index (χ1) is 9.06. The largest absolute Gasteiger partial charge is 0.489 e. The molecule has 2 aromatic rings. The van der Waals surface area contributed by atoms with Crippen LogP contribution in [0, 0.1) is 0 Å². The third-order valence-electron chi connectivity index (χ3n) is 2.62. The summed E-state index contributed by atoms with van der Waals surface area (Å²) < 4.78 is 5.57. The number of halogens is 1. The van der Waals surface area contributed by atoms with Crippen LogP contribution < -0.4 is 16.2 Å². The summed E-state index contributed by atoms with van der Waals surface area (Å²) >= 11 is 5.86. The van der Waals surface area contributed by atoms with Crippen molar-refractivity contribution >= 4 is 23.2 Å². The quantitative estimate of drug-likeness (QED) is 0.843. The average molecular weight is 277 g/mol. The molecule has 0 saturated carbocycles. The third-order valence-corrected chi connectivity index (χ3v) is 2.86. The molecule has 0 radical (unpaired) electrons. The highest BCUT2D eigenvalue weighted by Gasteiger charge is 2.05. The summed E-state index contributed by atoms with van der Waals surface area (Å²) in [6, 6.07) is 12.0. The van der Waals surface area contributed by atoms with E-state index in [0.717, 1.165) is 5.56 Å². The van der Waals surface area contributed by atoms with Gasteiger partial charge in [0.2, 0.25) is 5.91 Å². The molecule has 5 heteroatoms. The summed E-state index contributed by atoms with van der Waals surface area (Å²) in [4.78, 5) is 11.0. The minimum atomic E-state index is -0.506. The Labute approximate surface area is 115 Å². The van der Waals surface area contributed by atoms with Gasteiger partial charge in [0.05, 0.1) is 0 Å². The molecule has 2 aromatic carbocycles. The summed E-state index contributed by atoms with van der Waals surface area (Å²) in [5.74, 6) is 0.153. The smallest absolute Gasteiger partial charge is 0.248 e. The van der Waals surface area contributed by atoms with Crippen LogP contribution in [-0.4, -0.2) is 5.91 Å². The van der Waals surface area contributed by atoms with Crippen LogP contribution in [0.1, 0.15) is 15.9 Å². The highest BCUT2D eigenvalue weighted by molar-refractivity contribution is 6.30. The standard InChI is InChI=1S/C14H13ClN2O2/c15-11-2-1-3-12(7-11)19-8-10-5-4-9(14(17)18)6-13(10)16/h1-7H,8,16H2,(H2,17,18). The normalized spacial score (nSPS) is 10.2. The van der Waals surface area contributed by atoms with Gasteiger partial charge in [-0.1, -0.05) is 23.7 Å². The van der Waals surface area contributed by atoms with E-state index in [0.29, 0.717) is 28.6 Å². The molecule has 0 aliphatic carbocycles. The lowest BCUT2D eigenvalue weighted by atomic mass is 10.1. The molecule has 4 nitrogen and oxygen atoms in total. The van der Waals surface area contributed by atoms with Crippen LogP contribution in [0.5, 0.6) is 5.75 Å². The van der Waals surface area contributed by atoms with Gasteiger partial charge in [-0.15, -0.1) is 0 Å². The summed E-state index contributed by atoms with van der Waals surface area (Å²) in [5, 5.41) is 0.606. The maximum Gasteiger partial charge on any atom is 0.248 e. The maximum absolute atomic E-state index is 11.0. The van der Waals surface area contributed by atoms with E-state index in [1.165, 1.54) is 0 Å². The van der Waals surface area contributed by atoms with E-state index in [2.05, 4.69) is 0 Å². The molecule has 0 unspecified atom stereocenters. The molecular weight excluding hydrogens is 264 g/mol. The summed E-state index contributed by atoms with van der Waals surface area (Å²) in [5.41, 5.74) is 12.6. The van der Waals surface area contributed by atoms with Crippen molar-refractivity contribution in [2.45, 2.75) is 6.61 Å². The summed E-state index contributed by atoms with van der Waals surface area (Å²) in [7, 11) is 0. The predicted molar refractivity (Wildman–Crippen MR) is 75.2 cm³/mol. The van der Waals surface area contributed by atoms with Gasteiger partial charge >= 0.3 is 0 Å². The Morgan fingerprint density at radius 2 is 2.00 bits per heavy atom. The second-order valence-corrected chi connectivity index (χ2v) is 4.46. The van der Waals surface area contributed by atoms with Crippen LogP contribution in [0.3, 0.4) is 0 Å². The van der Waals surface area contributed by atoms with Crippen LogP contribution in [0.2, 0.25) is 5.02 Å². The van der Waals surface area contributed by atoms with Crippen LogP contribution in [0.25, 0.3) is 0 Å². The van der Waals surface area contributed by atoms with Crippen molar-refractivity contribution in [1.29, 1.82) is 0 Å². The Morgan fingerprint density at radius 1 is 1.21 bits per heavy atom. The van der Waals surface area contributed by atoms with E-state index in [-0.39, 0.29) is 0 Å². The molecule has 0 heterocycles. The molecule has 2 rings (SSSR count). The highest BCUT2D eigenvalue weighted by Crippen LogP contribution is 2.20. The second kappa shape index (κ2) is 5.63. The predicted octanol–water partition coefficient (Wildman–Crippen LogP) is 2.60. The van der Waals surface area contributed by atoms with Crippen molar-refractivity contribution in [2.24, 2.45) is 5.73 Å². The van der Waals surface area contributed by atoms with Gasteiger partial charge in [0.1, 0.15) is 12.4 Å². The molecule has 1 amide bonds. The Kier molecular flexibility index (Phi) is 3.92. The number of carbonyl (C=O) groups is 1. The Hall–Kier alpha value is -2.20. The molecule has 0 atom stereocenters. The van der Waals surface area contributed by atoms with Gasteiger partial charge in [-0.25, -0.2) is 0 Å².